The lowest BCUT2D eigenvalue weighted by Gasteiger charge is -2.32. The van der Waals surface area contributed by atoms with Crippen LogP contribution in [0.15, 0.2) is 82.2 Å². The lowest BCUT2D eigenvalue weighted by Crippen LogP contribution is -2.52. The number of carbonyl (C=O) groups excluding carboxylic acids is 2. The van der Waals surface area contributed by atoms with Gasteiger partial charge in [-0.15, -0.1) is 0 Å². The van der Waals surface area contributed by atoms with Gasteiger partial charge in [-0.3, -0.25) is 13.9 Å². The first-order valence-corrected chi connectivity index (χ1v) is 15.2. The third-order valence-corrected chi connectivity index (χ3v) is 8.95. The molecular weight excluding hydrogens is 602 g/mol. The molecule has 3 aromatic rings. The highest BCUT2D eigenvalue weighted by atomic mass is 79.9. The highest BCUT2D eigenvalue weighted by Gasteiger charge is 2.32. The molecule has 39 heavy (non-hydrogen) atoms. The van der Waals surface area contributed by atoms with Crippen LogP contribution in [0.4, 0.5) is 5.69 Å². The molecule has 3 rings (SSSR count). The van der Waals surface area contributed by atoms with Crippen LogP contribution in [-0.4, -0.2) is 43.8 Å². The molecule has 1 N–H and O–H groups in total. The standard InChI is InChI=1S/C29H33BrClN3O4S/c1-5-21(3)32-29(36)22(4)33(18-23-7-6-8-24(30)17-23)28(35)19-34(26-13-9-20(2)10-14-26)39(37,38)27-15-11-25(31)12-16-27/h6-17,21-22H,5,18-19H2,1-4H3,(H,32,36)/t21-,22-/m0/s1. The molecule has 10 heteroatoms. The first-order chi connectivity index (χ1) is 18.4. The summed E-state index contributed by atoms with van der Waals surface area (Å²) in [5, 5.41) is 3.32. The number of carbonyl (C=O) groups is 2. The maximum atomic E-state index is 13.9. The van der Waals surface area contributed by atoms with Crippen molar-refractivity contribution in [2.45, 2.75) is 57.6 Å². The lowest BCUT2D eigenvalue weighted by atomic mass is 10.1. The van der Waals surface area contributed by atoms with Crippen LogP contribution >= 0.6 is 27.5 Å². The summed E-state index contributed by atoms with van der Waals surface area (Å²) in [7, 11) is -4.14. The van der Waals surface area contributed by atoms with Crippen molar-refractivity contribution in [1.82, 2.24) is 10.2 Å². The van der Waals surface area contributed by atoms with Crippen molar-refractivity contribution >= 4 is 55.1 Å². The van der Waals surface area contributed by atoms with E-state index in [4.69, 9.17) is 11.6 Å². The number of halogens is 2. The van der Waals surface area contributed by atoms with E-state index in [1.54, 1.807) is 31.2 Å². The Morgan fingerprint density at radius 3 is 2.23 bits per heavy atom. The van der Waals surface area contributed by atoms with Gasteiger partial charge in [0.2, 0.25) is 11.8 Å². The number of sulfonamides is 1. The Morgan fingerprint density at radius 2 is 1.64 bits per heavy atom. The number of hydrogen-bond donors (Lipinski definition) is 1. The van der Waals surface area contributed by atoms with E-state index in [9.17, 15) is 18.0 Å². The number of benzene rings is 3. The molecule has 0 saturated heterocycles. The molecule has 0 unspecified atom stereocenters. The Labute approximate surface area is 244 Å². The summed E-state index contributed by atoms with van der Waals surface area (Å²) in [5.41, 5.74) is 2.08. The van der Waals surface area contributed by atoms with Crippen molar-refractivity contribution in [3.05, 3.63) is 93.4 Å². The molecule has 0 bridgehead atoms. The van der Waals surface area contributed by atoms with Gasteiger partial charge in [-0.25, -0.2) is 8.42 Å². The molecule has 0 fully saturated rings. The van der Waals surface area contributed by atoms with Gasteiger partial charge in [0.25, 0.3) is 10.0 Å². The van der Waals surface area contributed by atoms with Crippen LogP contribution in [0, 0.1) is 6.92 Å². The molecule has 7 nitrogen and oxygen atoms in total. The maximum absolute atomic E-state index is 13.9. The number of anilines is 1. The van der Waals surface area contributed by atoms with Gasteiger partial charge in [0.15, 0.2) is 0 Å². The molecule has 208 valence electrons. The maximum Gasteiger partial charge on any atom is 0.264 e. The third kappa shape index (κ3) is 8.06. The van der Waals surface area contributed by atoms with Gasteiger partial charge in [0.05, 0.1) is 10.6 Å². The summed E-state index contributed by atoms with van der Waals surface area (Å²) in [6.07, 6.45) is 0.735. The molecule has 0 spiro atoms. The monoisotopic (exact) mass is 633 g/mol. The second kappa shape index (κ2) is 13.5. The Hall–Kier alpha value is -2.88. The van der Waals surface area contributed by atoms with Crippen LogP contribution in [0.2, 0.25) is 5.02 Å². The number of hydrogen-bond acceptors (Lipinski definition) is 4. The minimum absolute atomic E-state index is 0.00128. The summed E-state index contributed by atoms with van der Waals surface area (Å²) < 4.78 is 29.5. The Bertz CT molecular complexity index is 1400. The summed E-state index contributed by atoms with van der Waals surface area (Å²) >= 11 is 9.44. The topological polar surface area (TPSA) is 86.8 Å². The molecule has 0 aliphatic rings. The highest BCUT2D eigenvalue weighted by Crippen LogP contribution is 2.26. The quantitative estimate of drug-likeness (QED) is 0.283. The second-order valence-electron chi connectivity index (χ2n) is 9.45. The van der Waals surface area contributed by atoms with E-state index in [-0.39, 0.29) is 23.4 Å². The van der Waals surface area contributed by atoms with E-state index in [1.807, 2.05) is 45.0 Å². The summed E-state index contributed by atoms with van der Waals surface area (Å²) in [4.78, 5) is 28.4. The Morgan fingerprint density at radius 1 is 1.00 bits per heavy atom. The van der Waals surface area contributed by atoms with Crippen molar-refractivity contribution in [3.8, 4) is 0 Å². The van der Waals surface area contributed by atoms with E-state index in [0.29, 0.717) is 10.7 Å². The molecule has 0 radical (unpaired) electrons. The van der Waals surface area contributed by atoms with Crippen molar-refractivity contribution in [2.24, 2.45) is 0 Å². The van der Waals surface area contributed by atoms with Crippen molar-refractivity contribution < 1.29 is 18.0 Å². The molecule has 0 heterocycles. The van der Waals surface area contributed by atoms with Gasteiger partial charge in [-0.2, -0.15) is 0 Å². The predicted octanol–water partition coefficient (Wildman–Crippen LogP) is 5.94. The molecule has 2 amide bonds. The minimum Gasteiger partial charge on any atom is -0.352 e. The number of aryl methyl sites for hydroxylation is 1. The molecule has 0 saturated carbocycles. The Balaban J connectivity index is 2.02. The number of amides is 2. The highest BCUT2D eigenvalue weighted by molar-refractivity contribution is 9.10. The molecule has 0 aliphatic carbocycles. The third-order valence-electron chi connectivity index (χ3n) is 6.41. The van der Waals surface area contributed by atoms with Gasteiger partial charge in [0.1, 0.15) is 12.6 Å². The molecule has 0 aliphatic heterocycles. The zero-order valence-electron chi connectivity index (χ0n) is 22.4. The van der Waals surface area contributed by atoms with E-state index in [0.717, 1.165) is 26.3 Å². The van der Waals surface area contributed by atoms with Gasteiger partial charge in [0, 0.05) is 22.1 Å². The van der Waals surface area contributed by atoms with E-state index in [2.05, 4.69) is 21.2 Å². The largest absolute Gasteiger partial charge is 0.352 e. The molecule has 3 aromatic carbocycles. The molecular formula is C29H33BrClN3O4S. The van der Waals surface area contributed by atoms with E-state index < -0.39 is 28.5 Å². The summed E-state index contributed by atoms with van der Waals surface area (Å²) in [5.74, 6) is -0.824. The predicted molar refractivity (Wildman–Crippen MR) is 159 cm³/mol. The van der Waals surface area contributed by atoms with Crippen molar-refractivity contribution in [2.75, 3.05) is 10.8 Å². The second-order valence-corrected chi connectivity index (χ2v) is 12.7. The van der Waals surface area contributed by atoms with Gasteiger partial charge < -0.3 is 10.2 Å². The van der Waals surface area contributed by atoms with Gasteiger partial charge in [-0.05, 0) is 81.3 Å². The summed E-state index contributed by atoms with van der Waals surface area (Å²) in [6.45, 7) is 7.02. The van der Waals surface area contributed by atoms with E-state index in [1.165, 1.54) is 29.2 Å². The Kier molecular flexibility index (Phi) is 10.6. The smallest absolute Gasteiger partial charge is 0.264 e. The van der Waals surface area contributed by atoms with Crippen LogP contribution < -0.4 is 9.62 Å². The average molecular weight is 635 g/mol. The fourth-order valence-electron chi connectivity index (χ4n) is 3.85. The minimum atomic E-state index is -4.14. The lowest BCUT2D eigenvalue weighted by molar-refractivity contribution is -0.139. The average Bonchev–Trinajstić information content (AvgIpc) is 2.90. The van der Waals surface area contributed by atoms with Crippen molar-refractivity contribution in [1.29, 1.82) is 0 Å². The van der Waals surface area contributed by atoms with E-state index >= 15 is 0 Å². The van der Waals surface area contributed by atoms with Crippen molar-refractivity contribution in [3.63, 3.8) is 0 Å². The SMILES string of the molecule is CC[C@H](C)NC(=O)[C@H](C)N(Cc1cccc(Br)c1)C(=O)CN(c1ccc(C)cc1)S(=O)(=O)c1ccc(Cl)cc1. The van der Waals surface area contributed by atoms with Crippen LogP contribution in [-0.2, 0) is 26.2 Å². The van der Waals surface area contributed by atoms with Gasteiger partial charge in [-0.1, -0.05) is 64.3 Å². The van der Waals surface area contributed by atoms with Crippen LogP contribution in [0.25, 0.3) is 0 Å². The zero-order chi connectivity index (χ0) is 28.7. The first kappa shape index (κ1) is 30.7. The zero-order valence-corrected chi connectivity index (χ0v) is 25.6. The fourth-order valence-corrected chi connectivity index (χ4v) is 5.84. The van der Waals surface area contributed by atoms with Crippen LogP contribution in [0.3, 0.4) is 0 Å². The van der Waals surface area contributed by atoms with Gasteiger partial charge >= 0.3 is 0 Å². The fraction of sp³-hybridized carbons (Fsp3) is 0.310. The van der Waals surface area contributed by atoms with Crippen LogP contribution in [0.1, 0.15) is 38.3 Å². The molecule has 0 aromatic heterocycles. The normalized spacial score (nSPS) is 12.9. The number of nitrogens with one attached hydrogen (secondary N) is 1. The number of rotatable bonds is 11. The molecule has 2 atom stereocenters. The summed E-state index contributed by atoms with van der Waals surface area (Å²) in [6, 6.07) is 19.2. The van der Waals surface area contributed by atoms with Crippen LogP contribution in [0.5, 0.6) is 0 Å². The first-order valence-electron chi connectivity index (χ1n) is 12.6. The number of nitrogens with zero attached hydrogens (tertiary/aromatic N) is 2.